The van der Waals surface area contributed by atoms with Crippen molar-refractivity contribution >= 4 is 23.1 Å². The van der Waals surface area contributed by atoms with Crippen molar-refractivity contribution in [1.82, 2.24) is 4.98 Å². The highest BCUT2D eigenvalue weighted by Crippen LogP contribution is 2.16. The van der Waals surface area contributed by atoms with Crippen LogP contribution in [-0.4, -0.2) is 10.9 Å². The first-order chi connectivity index (χ1) is 11.8. The minimum absolute atomic E-state index is 0.00979. The van der Waals surface area contributed by atoms with Crippen LogP contribution in [0.1, 0.15) is 12.0 Å². The van der Waals surface area contributed by atoms with Gasteiger partial charge in [-0.15, -0.1) is 0 Å². The Hall–Kier alpha value is -3.14. The zero-order valence-corrected chi connectivity index (χ0v) is 13.3. The molecule has 0 spiro atoms. The Morgan fingerprint density at radius 3 is 2.21 bits per heavy atom. The smallest absolute Gasteiger partial charge is 0.224 e. The first-order valence-corrected chi connectivity index (χ1v) is 7.91. The van der Waals surface area contributed by atoms with Gasteiger partial charge in [-0.25, -0.2) is 4.98 Å². The Balaban J connectivity index is 1.51. The molecule has 0 aliphatic rings. The fourth-order valence-corrected chi connectivity index (χ4v) is 2.34. The van der Waals surface area contributed by atoms with Gasteiger partial charge in [-0.2, -0.15) is 0 Å². The van der Waals surface area contributed by atoms with E-state index >= 15 is 0 Å². The van der Waals surface area contributed by atoms with Crippen molar-refractivity contribution in [3.05, 3.63) is 84.6 Å². The van der Waals surface area contributed by atoms with E-state index in [0.29, 0.717) is 12.1 Å². The normalized spacial score (nSPS) is 10.2. The standard InChI is InChI=1S/C20H19N3O/c24-20(14-11-16-7-3-1-4-8-16)23-18-12-13-19(21-15-18)22-17-9-5-2-6-10-17/h1-10,12-13,15H,11,14H2,(H,21,22)(H,23,24). The Labute approximate surface area is 141 Å². The van der Waals surface area contributed by atoms with Gasteiger partial charge in [0.2, 0.25) is 5.91 Å². The number of aromatic nitrogens is 1. The van der Waals surface area contributed by atoms with E-state index in [1.807, 2.05) is 72.8 Å². The number of carbonyl (C=O) groups is 1. The number of hydrogen-bond donors (Lipinski definition) is 2. The van der Waals surface area contributed by atoms with Crippen molar-refractivity contribution in [2.45, 2.75) is 12.8 Å². The largest absolute Gasteiger partial charge is 0.340 e. The summed E-state index contributed by atoms with van der Waals surface area (Å²) >= 11 is 0. The van der Waals surface area contributed by atoms with Crippen LogP contribution in [0.4, 0.5) is 17.2 Å². The third kappa shape index (κ3) is 4.68. The maximum absolute atomic E-state index is 12.0. The summed E-state index contributed by atoms with van der Waals surface area (Å²) < 4.78 is 0. The average Bonchev–Trinajstić information content (AvgIpc) is 2.63. The Bertz CT molecular complexity index is 771. The monoisotopic (exact) mass is 317 g/mol. The van der Waals surface area contributed by atoms with E-state index in [1.54, 1.807) is 6.20 Å². The zero-order valence-electron chi connectivity index (χ0n) is 13.3. The van der Waals surface area contributed by atoms with Gasteiger partial charge < -0.3 is 10.6 Å². The van der Waals surface area contributed by atoms with Gasteiger partial charge in [-0.05, 0) is 36.2 Å². The van der Waals surface area contributed by atoms with Gasteiger partial charge in [0.1, 0.15) is 5.82 Å². The molecule has 0 saturated carbocycles. The van der Waals surface area contributed by atoms with Crippen LogP contribution in [0.2, 0.25) is 0 Å². The number of rotatable bonds is 6. The number of benzene rings is 2. The summed E-state index contributed by atoms with van der Waals surface area (Å²) in [5, 5.41) is 6.08. The fraction of sp³-hybridized carbons (Fsp3) is 0.100. The van der Waals surface area contributed by atoms with E-state index < -0.39 is 0 Å². The van der Waals surface area contributed by atoms with E-state index in [2.05, 4.69) is 15.6 Å². The Kier molecular flexibility index (Phi) is 5.20. The third-order valence-corrected chi connectivity index (χ3v) is 3.58. The SMILES string of the molecule is O=C(CCc1ccccc1)Nc1ccc(Nc2ccccc2)nc1. The second-order valence-corrected chi connectivity index (χ2v) is 5.46. The minimum atomic E-state index is -0.00979. The number of carbonyl (C=O) groups excluding carboxylic acids is 1. The maximum Gasteiger partial charge on any atom is 0.224 e. The van der Waals surface area contributed by atoms with Crippen LogP contribution >= 0.6 is 0 Å². The molecule has 0 saturated heterocycles. The maximum atomic E-state index is 12.0. The molecule has 3 aromatic rings. The Morgan fingerprint density at radius 1 is 0.833 bits per heavy atom. The molecule has 0 radical (unpaired) electrons. The van der Waals surface area contributed by atoms with Gasteiger partial charge in [-0.1, -0.05) is 48.5 Å². The molecular formula is C20H19N3O. The lowest BCUT2D eigenvalue weighted by Gasteiger charge is -2.08. The molecule has 0 bridgehead atoms. The van der Waals surface area contributed by atoms with Gasteiger partial charge in [0.25, 0.3) is 0 Å². The highest BCUT2D eigenvalue weighted by molar-refractivity contribution is 5.90. The molecule has 1 aromatic heterocycles. The quantitative estimate of drug-likeness (QED) is 0.708. The lowest BCUT2D eigenvalue weighted by Crippen LogP contribution is -2.12. The van der Waals surface area contributed by atoms with Crippen LogP contribution in [0.3, 0.4) is 0 Å². The number of nitrogens with zero attached hydrogens (tertiary/aromatic N) is 1. The molecule has 4 nitrogen and oxygen atoms in total. The van der Waals surface area contributed by atoms with E-state index in [9.17, 15) is 4.79 Å². The molecular weight excluding hydrogens is 298 g/mol. The number of aryl methyl sites for hydroxylation is 1. The summed E-state index contributed by atoms with van der Waals surface area (Å²) in [5.74, 6) is 0.730. The lowest BCUT2D eigenvalue weighted by molar-refractivity contribution is -0.116. The molecule has 4 heteroatoms. The van der Waals surface area contributed by atoms with Gasteiger partial charge in [0, 0.05) is 12.1 Å². The summed E-state index contributed by atoms with van der Waals surface area (Å²) in [6.45, 7) is 0. The van der Waals surface area contributed by atoms with Crippen LogP contribution in [0, 0.1) is 0 Å². The molecule has 2 N–H and O–H groups in total. The number of para-hydroxylation sites is 1. The predicted molar refractivity (Wildman–Crippen MR) is 97.4 cm³/mol. The number of nitrogens with one attached hydrogen (secondary N) is 2. The second-order valence-electron chi connectivity index (χ2n) is 5.46. The molecule has 3 rings (SSSR count). The summed E-state index contributed by atoms with van der Waals surface area (Å²) in [6.07, 6.45) is 2.84. The molecule has 2 aromatic carbocycles. The van der Waals surface area contributed by atoms with Crippen LogP contribution in [0.25, 0.3) is 0 Å². The van der Waals surface area contributed by atoms with E-state index in [0.717, 1.165) is 23.5 Å². The average molecular weight is 317 g/mol. The van der Waals surface area contributed by atoms with E-state index in [4.69, 9.17) is 0 Å². The first-order valence-electron chi connectivity index (χ1n) is 7.91. The molecule has 120 valence electrons. The van der Waals surface area contributed by atoms with Crippen molar-refractivity contribution in [3.8, 4) is 0 Å². The number of pyridine rings is 1. The predicted octanol–water partition coefficient (Wildman–Crippen LogP) is 4.40. The van der Waals surface area contributed by atoms with E-state index in [1.165, 1.54) is 0 Å². The summed E-state index contributed by atoms with van der Waals surface area (Å²) in [4.78, 5) is 16.3. The van der Waals surface area contributed by atoms with Crippen molar-refractivity contribution in [2.75, 3.05) is 10.6 Å². The van der Waals surface area contributed by atoms with Crippen LogP contribution < -0.4 is 10.6 Å². The lowest BCUT2D eigenvalue weighted by atomic mass is 10.1. The second kappa shape index (κ2) is 7.92. The molecule has 1 heterocycles. The van der Waals surface area contributed by atoms with Gasteiger partial charge in [0.05, 0.1) is 11.9 Å². The molecule has 0 aliphatic heterocycles. The fourth-order valence-electron chi connectivity index (χ4n) is 2.34. The zero-order chi connectivity index (χ0) is 16.6. The molecule has 0 atom stereocenters. The van der Waals surface area contributed by atoms with Gasteiger partial charge in [-0.3, -0.25) is 4.79 Å². The topological polar surface area (TPSA) is 54.0 Å². The van der Waals surface area contributed by atoms with Crippen LogP contribution in [-0.2, 0) is 11.2 Å². The number of amides is 1. The van der Waals surface area contributed by atoms with Crippen molar-refractivity contribution in [3.63, 3.8) is 0 Å². The first kappa shape index (κ1) is 15.7. The summed E-state index contributed by atoms with van der Waals surface area (Å²) in [5.41, 5.74) is 2.84. The molecule has 24 heavy (non-hydrogen) atoms. The van der Waals surface area contributed by atoms with E-state index in [-0.39, 0.29) is 5.91 Å². The van der Waals surface area contributed by atoms with Crippen molar-refractivity contribution < 1.29 is 4.79 Å². The highest BCUT2D eigenvalue weighted by Gasteiger charge is 2.04. The minimum Gasteiger partial charge on any atom is -0.340 e. The summed E-state index contributed by atoms with van der Waals surface area (Å²) in [6, 6.07) is 23.5. The molecule has 0 aliphatic carbocycles. The molecule has 1 amide bonds. The molecule has 0 fully saturated rings. The number of anilines is 3. The van der Waals surface area contributed by atoms with Crippen molar-refractivity contribution in [1.29, 1.82) is 0 Å². The summed E-state index contributed by atoms with van der Waals surface area (Å²) in [7, 11) is 0. The Morgan fingerprint density at radius 2 is 1.54 bits per heavy atom. The number of hydrogen-bond acceptors (Lipinski definition) is 3. The van der Waals surface area contributed by atoms with Gasteiger partial charge >= 0.3 is 0 Å². The van der Waals surface area contributed by atoms with Crippen LogP contribution in [0.5, 0.6) is 0 Å². The van der Waals surface area contributed by atoms with Crippen LogP contribution in [0.15, 0.2) is 79.0 Å². The van der Waals surface area contributed by atoms with Crippen molar-refractivity contribution in [2.24, 2.45) is 0 Å². The van der Waals surface area contributed by atoms with Gasteiger partial charge in [0.15, 0.2) is 0 Å². The third-order valence-electron chi connectivity index (χ3n) is 3.58. The molecule has 0 unspecified atom stereocenters. The highest BCUT2D eigenvalue weighted by atomic mass is 16.1.